The molecule has 1 aliphatic rings. The summed E-state index contributed by atoms with van der Waals surface area (Å²) in [5.74, 6) is -0.197. The SMILES string of the molecule is COC(=O)[C@H](CC(C)C)NC(=O)OC1(Cc2cccnc2)CC1. The number of nitrogens with one attached hydrogen (secondary N) is 1. The van der Waals surface area contributed by atoms with Crippen molar-refractivity contribution in [2.75, 3.05) is 7.11 Å². The molecular weight excluding hydrogens is 296 g/mol. The Morgan fingerprint density at radius 1 is 1.39 bits per heavy atom. The highest BCUT2D eigenvalue weighted by molar-refractivity contribution is 5.81. The van der Waals surface area contributed by atoms with Crippen LogP contribution in [-0.4, -0.2) is 35.8 Å². The van der Waals surface area contributed by atoms with Crippen LogP contribution in [0, 0.1) is 5.92 Å². The van der Waals surface area contributed by atoms with Gasteiger partial charge in [-0.15, -0.1) is 0 Å². The van der Waals surface area contributed by atoms with Gasteiger partial charge in [-0.3, -0.25) is 4.98 Å². The number of carbonyl (C=O) groups is 2. The normalized spacial score (nSPS) is 16.5. The summed E-state index contributed by atoms with van der Waals surface area (Å²) in [4.78, 5) is 28.0. The van der Waals surface area contributed by atoms with Crippen molar-refractivity contribution in [1.29, 1.82) is 0 Å². The van der Waals surface area contributed by atoms with E-state index in [1.807, 2.05) is 26.0 Å². The van der Waals surface area contributed by atoms with E-state index in [1.54, 1.807) is 12.4 Å². The highest BCUT2D eigenvalue weighted by atomic mass is 16.6. The first-order valence-electron chi connectivity index (χ1n) is 7.90. The zero-order valence-corrected chi connectivity index (χ0v) is 13.9. The maximum Gasteiger partial charge on any atom is 0.408 e. The van der Waals surface area contributed by atoms with Gasteiger partial charge in [0.05, 0.1) is 7.11 Å². The number of amides is 1. The topological polar surface area (TPSA) is 77.5 Å². The van der Waals surface area contributed by atoms with Crippen molar-refractivity contribution in [3.63, 3.8) is 0 Å². The van der Waals surface area contributed by atoms with Gasteiger partial charge in [0.2, 0.25) is 0 Å². The fourth-order valence-electron chi connectivity index (χ4n) is 2.53. The molecule has 6 nitrogen and oxygen atoms in total. The number of alkyl carbamates (subject to hydrolysis) is 1. The van der Waals surface area contributed by atoms with E-state index in [9.17, 15) is 9.59 Å². The van der Waals surface area contributed by atoms with Crippen molar-refractivity contribution < 1.29 is 19.1 Å². The molecule has 0 saturated heterocycles. The van der Waals surface area contributed by atoms with Gasteiger partial charge >= 0.3 is 12.1 Å². The van der Waals surface area contributed by atoms with Crippen LogP contribution in [0.15, 0.2) is 24.5 Å². The molecule has 126 valence electrons. The number of esters is 1. The Morgan fingerprint density at radius 3 is 2.65 bits per heavy atom. The smallest absolute Gasteiger partial charge is 0.408 e. The van der Waals surface area contributed by atoms with Crippen LogP contribution >= 0.6 is 0 Å². The zero-order chi connectivity index (χ0) is 16.9. The summed E-state index contributed by atoms with van der Waals surface area (Å²) in [6.07, 6.45) is 5.71. The van der Waals surface area contributed by atoms with Crippen molar-refractivity contribution in [1.82, 2.24) is 10.3 Å². The molecule has 0 radical (unpaired) electrons. The number of hydrogen-bond donors (Lipinski definition) is 1. The van der Waals surface area contributed by atoms with E-state index in [0.717, 1.165) is 18.4 Å². The molecule has 1 N–H and O–H groups in total. The Balaban J connectivity index is 1.91. The van der Waals surface area contributed by atoms with Gasteiger partial charge < -0.3 is 14.8 Å². The maximum atomic E-state index is 12.1. The lowest BCUT2D eigenvalue weighted by molar-refractivity contribution is -0.143. The van der Waals surface area contributed by atoms with Crippen LogP contribution in [0.3, 0.4) is 0 Å². The third kappa shape index (κ3) is 5.23. The predicted molar refractivity (Wildman–Crippen MR) is 84.8 cm³/mol. The van der Waals surface area contributed by atoms with E-state index >= 15 is 0 Å². The number of carbonyl (C=O) groups excluding carboxylic acids is 2. The second-order valence-corrected chi connectivity index (χ2v) is 6.46. The Labute approximate surface area is 136 Å². The molecule has 23 heavy (non-hydrogen) atoms. The molecule has 0 unspecified atom stereocenters. The van der Waals surface area contributed by atoms with Gasteiger partial charge in [-0.1, -0.05) is 19.9 Å². The third-order valence-electron chi connectivity index (χ3n) is 3.85. The number of rotatable bonds is 7. The van der Waals surface area contributed by atoms with Crippen molar-refractivity contribution >= 4 is 12.1 Å². The summed E-state index contributed by atoms with van der Waals surface area (Å²) in [6, 6.07) is 3.15. The molecule has 1 aliphatic carbocycles. The number of hydrogen-bond acceptors (Lipinski definition) is 5. The van der Waals surface area contributed by atoms with Crippen molar-refractivity contribution in [2.45, 2.75) is 51.2 Å². The number of methoxy groups -OCH3 is 1. The van der Waals surface area contributed by atoms with Crippen molar-refractivity contribution in [3.8, 4) is 0 Å². The molecule has 0 bridgehead atoms. The zero-order valence-electron chi connectivity index (χ0n) is 13.9. The molecule has 0 aromatic carbocycles. The predicted octanol–water partition coefficient (Wildman–Crippen LogP) is 2.47. The molecule has 1 aromatic heterocycles. The van der Waals surface area contributed by atoms with Crippen LogP contribution in [0.5, 0.6) is 0 Å². The van der Waals surface area contributed by atoms with Crippen LogP contribution in [0.2, 0.25) is 0 Å². The molecule has 1 fully saturated rings. The van der Waals surface area contributed by atoms with E-state index in [0.29, 0.717) is 12.8 Å². The Kier molecular flexibility index (Phi) is 5.58. The van der Waals surface area contributed by atoms with Gasteiger partial charge in [-0.05, 0) is 36.8 Å². The molecule has 1 heterocycles. The number of aromatic nitrogens is 1. The maximum absolute atomic E-state index is 12.1. The van der Waals surface area contributed by atoms with E-state index in [2.05, 4.69) is 10.3 Å². The van der Waals surface area contributed by atoms with E-state index in [-0.39, 0.29) is 5.92 Å². The standard InChI is InChI=1S/C17H24N2O4/c1-12(2)9-14(15(20)22-3)19-16(21)23-17(6-7-17)10-13-5-4-8-18-11-13/h4-5,8,11-12,14H,6-7,9-10H2,1-3H3,(H,19,21)/t14-/m0/s1. The number of pyridine rings is 1. The highest BCUT2D eigenvalue weighted by Gasteiger charge is 2.47. The number of ether oxygens (including phenoxy) is 2. The van der Waals surface area contributed by atoms with Gasteiger partial charge in [0, 0.05) is 18.8 Å². The van der Waals surface area contributed by atoms with Crippen LogP contribution in [0.25, 0.3) is 0 Å². The Bertz CT molecular complexity index is 541. The fraction of sp³-hybridized carbons (Fsp3) is 0.588. The van der Waals surface area contributed by atoms with Crippen molar-refractivity contribution in [3.05, 3.63) is 30.1 Å². The van der Waals surface area contributed by atoms with Crippen LogP contribution in [-0.2, 0) is 20.7 Å². The summed E-state index contributed by atoms with van der Waals surface area (Å²) in [5, 5.41) is 2.63. The Hall–Kier alpha value is -2.11. The van der Waals surface area contributed by atoms with Gasteiger partial charge in [0.1, 0.15) is 11.6 Å². The lowest BCUT2D eigenvalue weighted by Crippen LogP contribution is -2.44. The molecular formula is C17H24N2O4. The first-order chi connectivity index (χ1) is 10.9. The van der Waals surface area contributed by atoms with Crippen LogP contribution in [0.1, 0.15) is 38.7 Å². The average molecular weight is 320 g/mol. The van der Waals surface area contributed by atoms with E-state index in [4.69, 9.17) is 9.47 Å². The summed E-state index contributed by atoms with van der Waals surface area (Å²) in [7, 11) is 1.31. The van der Waals surface area contributed by atoms with Gasteiger partial charge in [-0.25, -0.2) is 9.59 Å². The minimum Gasteiger partial charge on any atom is -0.467 e. The average Bonchev–Trinajstić information content (AvgIpc) is 3.25. The molecule has 6 heteroatoms. The monoisotopic (exact) mass is 320 g/mol. The quantitative estimate of drug-likeness (QED) is 0.781. The largest absolute Gasteiger partial charge is 0.467 e. The van der Waals surface area contributed by atoms with Gasteiger partial charge in [0.15, 0.2) is 0 Å². The third-order valence-corrected chi connectivity index (χ3v) is 3.85. The Morgan fingerprint density at radius 2 is 2.13 bits per heavy atom. The van der Waals surface area contributed by atoms with E-state index < -0.39 is 23.7 Å². The molecule has 0 spiro atoms. The summed E-state index contributed by atoms with van der Waals surface area (Å²) in [5.41, 5.74) is 0.565. The second-order valence-electron chi connectivity index (χ2n) is 6.46. The summed E-state index contributed by atoms with van der Waals surface area (Å²) >= 11 is 0. The second kappa shape index (κ2) is 7.44. The van der Waals surface area contributed by atoms with Crippen LogP contribution < -0.4 is 5.32 Å². The molecule has 1 aromatic rings. The lowest BCUT2D eigenvalue weighted by atomic mass is 10.0. The van der Waals surface area contributed by atoms with Crippen LogP contribution in [0.4, 0.5) is 4.79 Å². The molecule has 1 amide bonds. The van der Waals surface area contributed by atoms with Gasteiger partial charge in [-0.2, -0.15) is 0 Å². The van der Waals surface area contributed by atoms with Gasteiger partial charge in [0.25, 0.3) is 0 Å². The molecule has 1 saturated carbocycles. The first kappa shape index (κ1) is 17.2. The summed E-state index contributed by atoms with van der Waals surface area (Å²) in [6.45, 7) is 3.96. The highest BCUT2D eigenvalue weighted by Crippen LogP contribution is 2.42. The number of nitrogens with zero attached hydrogens (tertiary/aromatic N) is 1. The van der Waals surface area contributed by atoms with E-state index in [1.165, 1.54) is 7.11 Å². The lowest BCUT2D eigenvalue weighted by Gasteiger charge is -2.21. The first-order valence-corrected chi connectivity index (χ1v) is 7.90. The molecule has 2 rings (SSSR count). The van der Waals surface area contributed by atoms with Crippen molar-refractivity contribution in [2.24, 2.45) is 5.92 Å². The minimum atomic E-state index is -0.679. The molecule has 1 atom stereocenters. The minimum absolute atomic E-state index is 0.254. The summed E-state index contributed by atoms with van der Waals surface area (Å²) < 4.78 is 10.3. The fourth-order valence-corrected chi connectivity index (χ4v) is 2.53. The molecule has 0 aliphatic heterocycles.